The van der Waals surface area contributed by atoms with Gasteiger partial charge in [-0.3, -0.25) is 0 Å². The first-order valence-electron chi connectivity index (χ1n) is 6.26. The monoisotopic (exact) mass is 230 g/mol. The van der Waals surface area contributed by atoms with Gasteiger partial charge < -0.3 is 15.5 Å². The molecule has 1 aliphatic heterocycles. The smallest absolute Gasteiger partial charge is 0.113 e. The molecule has 4 heteroatoms. The molecule has 3 heterocycles. The third kappa shape index (κ3) is 2.00. The van der Waals surface area contributed by atoms with Crippen molar-refractivity contribution in [3.8, 4) is 0 Å². The molecule has 3 N–H and O–H groups in total. The fourth-order valence-corrected chi connectivity index (χ4v) is 2.60. The fourth-order valence-electron chi connectivity index (χ4n) is 2.60. The molecule has 17 heavy (non-hydrogen) atoms. The Balaban J connectivity index is 1.87. The van der Waals surface area contributed by atoms with Crippen molar-refractivity contribution in [3.05, 3.63) is 30.4 Å². The lowest BCUT2D eigenvalue weighted by Gasteiger charge is -2.22. The summed E-state index contributed by atoms with van der Waals surface area (Å²) in [6.07, 6.45) is 7.52. The molecule has 0 aromatic carbocycles. The van der Waals surface area contributed by atoms with Crippen LogP contribution in [-0.4, -0.2) is 22.5 Å². The summed E-state index contributed by atoms with van der Waals surface area (Å²) in [6.45, 7) is 2.27. The van der Waals surface area contributed by atoms with Crippen LogP contribution in [-0.2, 0) is 6.42 Å². The molecule has 0 amide bonds. The first-order valence-corrected chi connectivity index (χ1v) is 6.26. The Morgan fingerprint density at radius 2 is 2.47 bits per heavy atom. The second-order valence-electron chi connectivity index (χ2n) is 4.81. The van der Waals surface area contributed by atoms with Gasteiger partial charge in [-0.2, -0.15) is 0 Å². The number of nitrogens with one attached hydrogen (secondary N) is 1. The predicted molar refractivity (Wildman–Crippen MR) is 68.9 cm³/mol. The number of imidazole rings is 1. The predicted octanol–water partition coefficient (Wildman–Crippen LogP) is 1.46. The summed E-state index contributed by atoms with van der Waals surface area (Å²) in [5.41, 5.74) is 7.75. The van der Waals surface area contributed by atoms with Crippen molar-refractivity contribution in [2.75, 3.05) is 18.8 Å². The van der Waals surface area contributed by atoms with E-state index in [1.165, 1.54) is 12.8 Å². The van der Waals surface area contributed by atoms with E-state index in [1.54, 1.807) is 0 Å². The maximum atomic E-state index is 5.93. The van der Waals surface area contributed by atoms with Crippen LogP contribution in [0.2, 0.25) is 0 Å². The Labute approximate surface area is 101 Å². The van der Waals surface area contributed by atoms with Gasteiger partial charge in [0.25, 0.3) is 0 Å². The number of aromatic nitrogens is 2. The lowest BCUT2D eigenvalue weighted by molar-refractivity contribution is 0.370. The Hall–Kier alpha value is -1.55. The van der Waals surface area contributed by atoms with Gasteiger partial charge in [-0.1, -0.05) is 0 Å². The number of rotatable bonds is 2. The lowest BCUT2D eigenvalue weighted by atomic mass is 9.96. The normalized spacial score (nSPS) is 20.8. The SMILES string of the molecule is Nc1cccn2c(CC3CCCNC3)ncc12. The summed E-state index contributed by atoms with van der Waals surface area (Å²) in [7, 11) is 0. The van der Waals surface area contributed by atoms with Crippen LogP contribution >= 0.6 is 0 Å². The van der Waals surface area contributed by atoms with Crippen LogP contribution in [0.25, 0.3) is 5.52 Å². The van der Waals surface area contributed by atoms with Gasteiger partial charge in [0.1, 0.15) is 5.82 Å². The van der Waals surface area contributed by atoms with Gasteiger partial charge in [0.2, 0.25) is 0 Å². The van der Waals surface area contributed by atoms with E-state index in [0.717, 1.165) is 36.5 Å². The molecule has 1 aliphatic rings. The second-order valence-corrected chi connectivity index (χ2v) is 4.81. The zero-order chi connectivity index (χ0) is 11.7. The fraction of sp³-hybridized carbons (Fsp3) is 0.462. The molecular weight excluding hydrogens is 212 g/mol. The number of pyridine rings is 1. The highest BCUT2D eigenvalue weighted by molar-refractivity contribution is 5.68. The van der Waals surface area contributed by atoms with Crippen molar-refractivity contribution < 1.29 is 0 Å². The number of nitrogen functional groups attached to an aromatic ring is 1. The van der Waals surface area contributed by atoms with Gasteiger partial charge in [-0.25, -0.2) is 4.98 Å². The molecule has 0 bridgehead atoms. The van der Waals surface area contributed by atoms with E-state index in [2.05, 4.69) is 14.7 Å². The lowest BCUT2D eigenvalue weighted by Crippen LogP contribution is -2.31. The average molecular weight is 230 g/mol. The number of nitrogens with two attached hydrogens (primary N) is 1. The highest BCUT2D eigenvalue weighted by atomic mass is 15.0. The topological polar surface area (TPSA) is 55.4 Å². The van der Waals surface area contributed by atoms with E-state index < -0.39 is 0 Å². The molecule has 1 atom stereocenters. The van der Waals surface area contributed by atoms with Crippen molar-refractivity contribution in [3.63, 3.8) is 0 Å². The van der Waals surface area contributed by atoms with Crippen LogP contribution in [0.3, 0.4) is 0 Å². The third-order valence-electron chi connectivity index (χ3n) is 3.55. The van der Waals surface area contributed by atoms with Crippen LogP contribution in [0.1, 0.15) is 18.7 Å². The van der Waals surface area contributed by atoms with Crippen molar-refractivity contribution in [2.45, 2.75) is 19.3 Å². The molecule has 2 aromatic rings. The summed E-state index contributed by atoms with van der Waals surface area (Å²) in [4.78, 5) is 4.51. The van der Waals surface area contributed by atoms with Gasteiger partial charge in [0.05, 0.1) is 17.4 Å². The van der Waals surface area contributed by atoms with Crippen LogP contribution in [0.5, 0.6) is 0 Å². The van der Waals surface area contributed by atoms with Crippen molar-refractivity contribution in [2.24, 2.45) is 5.92 Å². The zero-order valence-corrected chi connectivity index (χ0v) is 9.89. The van der Waals surface area contributed by atoms with Crippen LogP contribution < -0.4 is 11.1 Å². The molecule has 90 valence electrons. The Kier molecular flexibility index (Phi) is 2.73. The molecule has 1 fully saturated rings. The minimum Gasteiger partial charge on any atom is -0.397 e. The van der Waals surface area contributed by atoms with Gasteiger partial charge in [0.15, 0.2) is 0 Å². The highest BCUT2D eigenvalue weighted by Crippen LogP contribution is 2.19. The molecule has 0 radical (unpaired) electrons. The minimum absolute atomic E-state index is 0.704. The van der Waals surface area contributed by atoms with E-state index >= 15 is 0 Å². The quantitative estimate of drug-likeness (QED) is 0.821. The van der Waals surface area contributed by atoms with Crippen LogP contribution in [0.15, 0.2) is 24.5 Å². The third-order valence-corrected chi connectivity index (χ3v) is 3.55. The Morgan fingerprint density at radius 1 is 1.53 bits per heavy atom. The molecule has 1 unspecified atom stereocenters. The Morgan fingerprint density at radius 3 is 3.29 bits per heavy atom. The highest BCUT2D eigenvalue weighted by Gasteiger charge is 2.16. The number of anilines is 1. The van der Waals surface area contributed by atoms with Gasteiger partial charge in [-0.05, 0) is 44.0 Å². The summed E-state index contributed by atoms with van der Waals surface area (Å²) in [5.74, 6) is 1.83. The van der Waals surface area contributed by atoms with Gasteiger partial charge in [0, 0.05) is 12.6 Å². The van der Waals surface area contributed by atoms with Crippen molar-refractivity contribution in [1.29, 1.82) is 0 Å². The van der Waals surface area contributed by atoms with Crippen molar-refractivity contribution >= 4 is 11.2 Å². The number of hydrogen-bond acceptors (Lipinski definition) is 3. The second kappa shape index (κ2) is 4.37. The number of nitrogens with zero attached hydrogens (tertiary/aromatic N) is 2. The van der Waals surface area contributed by atoms with E-state index in [9.17, 15) is 0 Å². The minimum atomic E-state index is 0.704. The van der Waals surface area contributed by atoms with Crippen LogP contribution in [0, 0.1) is 5.92 Å². The van der Waals surface area contributed by atoms with E-state index in [-0.39, 0.29) is 0 Å². The molecule has 0 spiro atoms. The first-order chi connectivity index (χ1) is 8.34. The van der Waals surface area contributed by atoms with Crippen molar-refractivity contribution in [1.82, 2.24) is 14.7 Å². The van der Waals surface area contributed by atoms with E-state index in [1.807, 2.05) is 24.5 Å². The summed E-state index contributed by atoms with van der Waals surface area (Å²) in [5, 5.41) is 3.44. The first kappa shape index (κ1) is 10.6. The van der Waals surface area contributed by atoms with Gasteiger partial charge in [-0.15, -0.1) is 0 Å². The molecular formula is C13H18N4. The molecule has 2 aromatic heterocycles. The van der Waals surface area contributed by atoms with Gasteiger partial charge >= 0.3 is 0 Å². The molecule has 0 aliphatic carbocycles. The number of piperidine rings is 1. The maximum Gasteiger partial charge on any atom is 0.113 e. The average Bonchev–Trinajstić information content (AvgIpc) is 2.76. The summed E-state index contributed by atoms with van der Waals surface area (Å²) < 4.78 is 2.12. The van der Waals surface area contributed by atoms with E-state index in [4.69, 9.17) is 5.73 Å². The zero-order valence-electron chi connectivity index (χ0n) is 9.89. The molecule has 4 nitrogen and oxygen atoms in total. The Bertz CT molecular complexity index is 511. The maximum absolute atomic E-state index is 5.93. The largest absolute Gasteiger partial charge is 0.397 e. The molecule has 0 saturated carbocycles. The summed E-state index contributed by atoms with van der Waals surface area (Å²) >= 11 is 0. The number of fused-ring (bicyclic) bond motifs is 1. The summed E-state index contributed by atoms with van der Waals surface area (Å²) in [6, 6.07) is 3.90. The van der Waals surface area contributed by atoms with Crippen LogP contribution in [0.4, 0.5) is 5.69 Å². The molecule has 3 rings (SSSR count). The van der Waals surface area contributed by atoms with E-state index in [0.29, 0.717) is 5.92 Å². The number of hydrogen-bond donors (Lipinski definition) is 2. The standard InChI is InChI=1S/C13H18N4/c14-11-4-2-6-17-12(11)9-16-13(17)7-10-3-1-5-15-8-10/h2,4,6,9-10,15H,1,3,5,7-8,14H2. The molecule has 1 saturated heterocycles.